The van der Waals surface area contributed by atoms with Crippen LogP contribution in [0.2, 0.25) is 5.02 Å². The van der Waals surface area contributed by atoms with E-state index >= 15 is 0 Å². The van der Waals surface area contributed by atoms with E-state index in [1.54, 1.807) is 12.1 Å². The molecule has 1 fully saturated rings. The molecule has 0 atom stereocenters. The van der Waals surface area contributed by atoms with E-state index in [9.17, 15) is 8.78 Å². The highest BCUT2D eigenvalue weighted by molar-refractivity contribution is 6.35. The van der Waals surface area contributed by atoms with Crippen molar-refractivity contribution in [2.75, 3.05) is 0 Å². The second-order valence-corrected chi connectivity index (χ2v) is 4.74. The predicted octanol–water partition coefficient (Wildman–Crippen LogP) is 4.37. The summed E-state index contributed by atoms with van der Waals surface area (Å²) < 4.78 is 29.2. The highest BCUT2D eigenvalue weighted by Gasteiger charge is 2.26. The van der Waals surface area contributed by atoms with Gasteiger partial charge < -0.3 is 4.74 Å². The summed E-state index contributed by atoms with van der Waals surface area (Å²) >= 11 is 6.16. The third kappa shape index (κ3) is 2.12. The number of para-hydroxylation sites is 1. The van der Waals surface area contributed by atoms with Crippen molar-refractivity contribution in [3.63, 3.8) is 0 Å². The molecule has 1 heterocycles. The lowest BCUT2D eigenvalue weighted by molar-refractivity contribution is -0.0489. The first kappa shape index (κ1) is 11.7. The Hall–Kier alpha value is -1.42. The van der Waals surface area contributed by atoms with Gasteiger partial charge in [-0.3, -0.25) is 0 Å². The number of hydrogen-bond acceptors (Lipinski definition) is 2. The highest BCUT2D eigenvalue weighted by Crippen LogP contribution is 2.42. The minimum atomic E-state index is -2.86. The van der Waals surface area contributed by atoms with Crippen molar-refractivity contribution in [3.8, 4) is 5.75 Å². The van der Waals surface area contributed by atoms with Crippen LogP contribution in [-0.2, 0) is 0 Å². The summed E-state index contributed by atoms with van der Waals surface area (Å²) in [7, 11) is 0. The lowest BCUT2D eigenvalue weighted by Gasteiger charge is -2.10. The molecule has 2 aromatic rings. The first-order chi connectivity index (χ1) is 8.65. The van der Waals surface area contributed by atoms with Crippen LogP contribution < -0.4 is 4.74 Å². The Morgan fingerprint density at radius 2 is 2.11 bits per heavy atom. The van der Waals surface area contributed by atoms with E-state index < -0.39 is 6.61 Å². The van der Waals surface area contributed by atoms with E-state index in [-0.39, 0.29) is 5.75 Å². The van der Waals surface area contributed by atoms with Crippen molar-refractivity contribution in [1.82, 2.24) is 4.98 Å². The Kier molecular flexibility index (Phi) is 2.82. The molecule has 1 aliphatic rings. The number of halogens is 3. The fourth-order valence-corrected chi connectivity index (χ4v) is 2.24. The smallest absolute Gasteiger partial charge is 0.387 e. The summed E-state index contributed by atoms with van der Waals surface area (Å²) in [6, 6.07) is 6.67. The number of benzene rings is 1. The topological polar surface area (TPSA) is 22.1 Å². The molecule has 0 saturated heterocycles. The van der Waals surface area contributed by atoms with Crippen LogP contribution in [0, 0.1) is 0 Å². The molecule has 2 nitrogen and oxygen atoms in total. The van der Waals surface area contributed by atoms with Crippen molar-refractivity contribution < 1.29 is 13.5 Å². The number of pyridine rings is 1. The van der Waals surface area contributed by atoms with Gasteiger partial charge in [-0.25, -0.2) is 4.98 Å². The highest BCUT2D eigenvalue weighted by atomic mass is 35.5. The van der Waals surface area contributed by atoms with Gasteiger partial charge in [0, 0.05) is 17.0 Å². The molecule has 18 heavy (non-hydrogen) atoms. The molecule has 0 aliphatic heterocycles. The second-order valence-electron chi connectivity index (χ2n) is 4.33. The predicted molar refractivity (Wildman–Crippen MR) is 65.4 cm³/mol. The van der Waals surface area contributed by atoms with Crippen LogP contribution in [0.4, 0.5) is 8.78 Å². The lowest BCUT2D eigenvalue weighted by Crippen LogP contribution is -2.03. The van der Waals surface area contributed by atoms with Crippen LogP contribution in [0.5, 0.6) is 5.75 Å². The summed E-state index contributed by atoms with van der Waals surface area (Å²) in [5.41, 5.74) is 1.27. The molecule has 0 spiro atoms. The van der Waals surface area contributed by atoms with E-state index in [1.807, 2.05) is 6.07 Å². The molecule has 1 aliphatic carbocycles. The van der Waals surface area contributed by atoms with Gasteiger partial charge >= 0.3 is 6.61 Å². The Labute approximate surface area is 108 Å². The molecule has 94 valence electrons. The fraction of sp³-hybridized carbons (Fsp3) is 0.308. The molecular weight excluding hydrogens is 260 g/mol. The maximum absolute atomic E-state index is 12.3. The van der Waals surface area contributed by atoms with E-state index in [0.717, 1.165) is 18.5 Å². The zero-order chi connectivity index (χ0) is 12.7. The normalized spacial score (nSPS) is 15.3. The quantitative estimate of drug-likeness (QED) is 0.825. The molecule has 0 bridgehead atoms. The third-order valence-electron chi connectivity index (χ3n) is 2.98. The van der Waals surface area contributed by atoms with Gasteiger partial charge in [0.2, 0.25) is 0 Å². The van der Waals surface area contributed by atoms with Crippen molar-refractivity contribution in [2.24, 2.45) is 0 Å². The van der Waals surface area contributed by atoms with Crippen LogP contribution in [0.25, 0.3) is 10.9 Å². The summed E-state index contributed by atoms with van der Waals surface area (Å²) in [5, 5.41) is 1.17. The van der Waals surface area contributed by atoms with Gasteiger partial charge in [0.05, 0.1) is 5.02 Å². The van der Waals surface area contributed by atoms with Crippen molar-refractivity contribution in [1.29, 1.82) is 0 Å². The van der Waals surface area contributed by atoms with Gasteiger partial charge in [-0.15, -0.1) is 0 Å². The van der Waals surface area contributed by atoms with Gasteiger partial charge in [0.1, 0.15) is 5.52 Å². The van der Waals surface area contributed by atoms with Gasteiger partial charge in [0.15, 0.2) is 5.75 Å². The van der Waals surface area contributed by atoms with Gasteiger partial charge in [-0.2, -0.15) is 8.78 Å². The fourth-order valence-electron chi connectivity index (χ4n) is 1.98. The number of alkyl halides is 2. The first-order valence-corrected chi connectivity index (χ1v) is 6.07. The molecule has 3 rings (SSSR count). The molecule has 0 amide bonds. The van der Waals surface area contributed by atoms with Gasteiger partial charge in [-0.05, 0) is 25.0 Å². The number of ether oxygens (including phenoxy) is 1. The molecular formula is C13H10ClF2NO. The average molecular weight is 270 g/mol. The second kappa shape index (κ2) is 4.35. The molecule has 0 radical (unpaired) electrons. The van der Waals surface area contributed by atoms with E-state index in [2.05, 4.69) is 9.72 Å². The largest absolute Gasteiger partial charge is 0.432 e. The van der Waals surface area contributed by atoms with Gasteiger partial charge in [-0.1, -0.05) is 23.7 Å². The number of aromatic nitrogens is 1. The zero-order valence-corrected chi connectivity index (χ0v) is 10.1. The summed E-state index contributed by atoms with van der Waals surface area (Å²) in [6.07, 6.45) is 2.15. The number of nitrogens with zero attached hydrogens (tertiary/aromatic N) is 1. The van der Waals surface area contributed by atoms with Gasteiger partial charge in [0.25, 0.3) is 0 Å². The minimum Gasteiger partial charge on any atom is -0.432 e. The maximum Gasteiger partial charge on any atom is 0.387 e. The Balaban J connectivity index is 2.17. The minimum absolute atomic E-state index is 0.0758. The van der Waals surface area contributed by atoms with E-state index in [0.29, 0.717) is 21.8 Å². The molecule has 0 N–H and O–H groups in total. The van der Waals surface area contributed by atoms with Crippen LogP contribution in [0.15, 0.2) is 24.3 Å². The molecule has 1 aromatic carbocycles. The van der Waals surface area contributed by atoms with E-state index in [4.69, 9.17) is 11.6 Å². The first-order valence-electron chi connectivity index (χ1n) is 5.69. The van der Waals surface area contributed by atoms with Crippen LogP contribution in [0.3, 0.4) is 0 Å². The number of hydrogen-bond donors (Lipinski definition) is 0. The van der Waals surface area contributed by atoms with Crippen LogP contribution in [0.1, 0.15) is 24.5 Å². The average Bonchev–Trinajstić information content (AvgIpc) is 3.13. The molecule has 5 heteroatoms. The number of fused-ring (bicyclic) bond motifs is 1. The Morgan fingerprint density at radius 3 is 2.78 bits per heavy atom. The lowest BCUT2D eigenvalue weighted by atomic mass is 10.1. The summed E-state index contributed by atoms with van der Waals surface area (Å²) in [4.78, 5) is 4.41. The van der Waals surface area contributed by atoms with Crippen LogP contribution in [-0.4, -0.2) is 11.6 Å². The Morgan fingerprint density at radius 1 is 1.33 bits per heavy atom. The zero-order valence-electron chi connectivity index (χ0n) is 9.37. The Bertz CT molecular complexity index is 599. The summed E-state index contributed by atoms with van der Waals surface area (Å²) in [6.45, 7) is -2.86. The maximum atomic E-state index is 12.3. The van der Waals surface area contributed by atoms with Crippen molar-refractivity contribution >= 4 is 22.5 Å². The number of rotatable bonds is 3. The molecule has 1 aromatic heterocycles. The van der Waals surface area contributed by atoms with Crippen LogP contribution >= 0.6 is 11.6 Å². The SMILES string of the molecule is FC(F)Oc1cccc2c(Cl)cc(C3CC3)nc12. The van der Waals surface area contributed by atoms with E-state index in [1.165, 1.54) is 6.07 Å². The molecule has 0 unspecified atom stereocenters. The summed E-state index contributed by atoms with van der Waals surface area (Å²) in [5.74, 6) is 0.485. The standard InChI is InChI=1S/C13H10ClF2NO/c14-9-6-10(7-4-5-7)17-12-8(9)2-1-3-11(12)18-13(15)16/h1-3,6-7,13H,4-5H2. The van der Waals surface area contributed by atoms with Crippen molar-refractivity contribution in [2.45, 2.75) is 25.4 Å². The monoisotopic (exact) mass is 269 g/mol. The van der Waals surface area contributed by atoms with Crippen molar-refractivity contribution in [3.05, 3.63) is 35.0 Å². The third-order valence-corrected chi connectivity index (χ3v) is 3.30. The molecule has 1 saturated carbocycles.